The molecule has 0 heterocycles. The number of rotatable bonds is 5. The molecule has 0 aliphatic rings. The van der Waals surface area contributed by atoms with E-state index in [1.54, 1.807) is 0 Å². The van der Waals surface area contributed by atoms with Crippen LogP contribution in [-0.4, -0.2) is 0 Å². The van der Waals surface area contributed by atoms with E-state index < -0.39 is 0 Å². The summed E-state index contributed by atoms with van der Waals surface area (Å²) in [6, 6.07) is 15.9. The quantitative estimate of drug-likeness (QED) is 0.894. The molecule has 2 rings (SSSR count). The van der Waals surface area contributed by atoms with Crippen molar-refractivity contribution in [2.24, 2.45) is 5.73 Å². The fourth-order valence-electron chi connectivity index (χ4n) is 1.69. The molecular formula is C15H16ClNO. The fraction of sp³-hybridized carbons (Fsp3) is 0.200. The number of benzene rings is 2. The zero-order valence-corrected chi connectivity index (χ0v) is 10.9. The van der Waals surface area contributed by atoms with Crippen molar-refractivity contribution in [3.8, 4) is 0 Å². The fourth-order valence-corrected chi connectivity index (χ4v) is 1.95. The highest BCUT2D eigenvalue weighted by Gasteiger charge is 2.02. The normalized spacial score (nSPS) is 10.6. The van der Waals surface area contributed by atoms with Gasteiger partial charge < -0.3 is 10.5 Å². The molecule has 0 amide bonds. The van der Waals surface area contributed by atoms with Crippen LogP contribution in [0.3, 0.4) is 0 Å². The van der Waals surface area contributed by atoms with Gasteiger partial charge in [-0.3, -0.25) is 0 Å². The first kappa shape index (κ1) is 13.1. The van der Waals surface area contributed by atoms with Crippen LogP contribution in [0.4, 0.5) is 0 Å². The van der Waals surface area contributed by atoms with Crippen LogP contribution in [0.25, 0.3) is 0 Å². The van der Waals surface area contributed by atoms with Crippen LogP contribution in [0.5, 0.6) is 0 Å². The Labute approximate surface area is 112 Å². The molecule has 0 bridgehead atoms. The highest BCUT2D eigenvalue weighted by molar-refractivity contribution is 6.31. The molecule has 0 atom stereocenters. The van der Waals surface area contributed by atoms with Gasteiger partial charge in [-0.05, 0) is 22.8 Å². The summed E-state index contributed by atoms with van der Waals surface area (Å²) in [4.78, 5) is 0. The molecule has 0 fully saturated rings. The second-order valence-electron chi connectivity index (χ2n) is 4.11. The summed E-state index contributed by atoms with van der Waals surface area (Å²) in [5.41, 5.74) is 8.74. The first-order chi connectivity index (χ1) is 8.79. The SMILES string of the molecule is NCc1ccc(COCc2ccccc2)c(Cl)c1. The lowest BCUT2D eigenvalue weighted by atomic mass is 10.1. The maximum absolute atomic E-state index is 6.15. The van der Waals surface area contributed by atoms with Gasteiger partial charge in [-0.1, -0.05) is 54.1 Å². The van der Waals surface area contributed by atoms with Crippen molar-refractivity contribution < 1.29 is 4.74 Å². The molecule has 0 aromatic heterocycles. The summed E-state index contributed by atoms with van der Waals surface area (Å²) in [7, 11) is 0. The van der Waals surface area contributed by atoms with Crippen LogP contribution in [0.15, 0.2) is 48.5 Å². The van der Waals surface area contributed by atoms with E-state index in [0.717, 1.165) is 16.7 Å². The lowest BCUT2D eigenvalue weighted by Gasteiger charge is -2.07. The van der Waals surface area contributed by atoms with Gasteiger partial charge in [0.2, 0.25) is 0 Å². The average Bonchev–Trinajstić information content (AvgIpc) is 2.42. The molecule has 2 aromatic rings. The molecule has 2 aromatic carbocycles. The minimum Gasteiger partial charge on any atom is -0.372 e. The van der Waals surface area contributed by atoms with E-state index >= 15 is 0 Å². The van der Waals surface area contributed by atoms with Crippen molar-refractivity contribution in [1.82, 2.24) is 0 Å². The average molecular weight is 262 g/mol. The van der Waals surface area contributed by atoms with Gasteiger partial charge in [0.25, 0.3) is 0 Å². The predicted octanol–water partition coefficient (Wildman–Crippen LogP) is 3.52. The Hall–Kier alpha value is -1.35. The summed E-state index contributed by atoms with van der Waals surface area (Å²) in [6.45, 7) is 1.61. The third kappa shape index (κ3) is 3.57. The smallest absolute Gasteiger partial charge is 0.0735 e. The van der Waals surface area contributed by atoms with E-state index in [0.29, 0.717) is 24.8 Å². The van der Waals surface area contributed by atoms with Gasteiger partial charge in [-0.15, -0.1) is 0 Å². The molecule has 0 saturated carbocycles. The third-order valence-corrected chi connectivity index (χ3v) is 3.07. The largest absolute Gasteiger partial charge is 0.372 e. The van der Waals surface area contributed by atoms with Crippen LogP contribution in [-0.2, 0) is 24.5 Å². The number of nitrogens with two attached hydrogens (primary N) is 1. The second kappa shape index (κ2) is 6.55. The molecule has 0 spiro atoms. The standard InChI is InChI=1S/C15H16ClNO/c16-15-8-13(9-17)6-7-14(15)11-18-10-12-4-2-1-3-5-12/h1-8H,9-11,17H2. The number of halogens is 1. The van der Waals surface area contributed by atoms with E-state index in [9.17, 15) is 0 Å². The van der Waals surface area contributed by atoms with Crippen LogP contribution in [0.1, 0.15) is 16.7 Å². The van der Waals surface area contributed by atoms with Crippen LogP contribution in [0.2, 0.25) is 5.02 Å². The highest BCUT2D eigenvalue weighted by atomic mass is 35.5. The van der Waals surface area contributed by atoms with E-state index in [4.69, 9.17) is 22.1 Å². The monoisotopic (exact) mass is 261 g/mol. The van der Waals surface area contributed by atoms with E-state index in [-0.39, 0.29) is 0 Å². The van der Waals surface area contributed by atoms with Crippen LogP contribution < -0.4 is 5.73 Å². The Bertz CT molecular complexity index is 499. The predicted molar refractivity (Wildman–Crippen MR) is 74.3 cm³/mol. The van der Waals surface area contributed by atoms with Gasteiger partial charge in [-0.2, -0.15) is 0 Å². The molecule has 94 valence electrons. The van der Waals surface area contributed by atoms with Crippen LogP contribution in [0, 0.1) is 0 Å². The molecule has 0 unspecified atom stereocenters. The van der Waals surface area contributed by atoms with Gasteiger partial charge >= 0.3 is 0 Å². The number of ether oxygens (including phenoxy) is 1. The zero-order chi connectivity index (χ0) is 12.8. The Balaban J connectivity index is 1.91. The first-order valence-corrected chi connectivity index (χ1v) is 6.26. The summed E-state index contributed by atoms with van der Waals surface area (Å²) in [6.07, 6.45) is 0. The maximum Gasteiger partial charge on any atom is 0.0735 e. The maximum atomic E-state index is 6.15. The minimum absolute atomic E-state index is 0.505. The topological polar surface area (TPSA) is 35.2 Å². The summed E-state index contributed by atoms with van der Waals surface area (Å²) in [5.74, 6) is 0. The van der Waals surface area contributed by atoms with E-state index in [2.05, 4.69) is 0 Å². The van der Waals surface area contributed by atoms with Crippen molar-refractivity contribution in [3.63, 3.8) is 0 Å². The van der Waals surface area contributed by atoms with Crippen LogP contribution >= 0.6 is 11.6 Å². The molecule has 2 nitrogen and oxygen atoms in total. The summed E-state index contributed by atoms with van der Waals surface area (Å²) >= 11 is 6.15. The Morgan fingerprint density at radius 2 is 1.72 bits per heavy atom. The van der Waals surface area contributed by atoms with Crippen molar-refractivity contribution in [1.29, 1.82) is 0 Å². The molecule has 2 N–H and O–H groups in total. The molecule has 0 aliphatic carbocycles. The van der Waals surface area contributed by atoms with Crippen molar-refractivity contribution in [2.45, 2.75) is 19.8 Å². The van der Waals surface area contributed by atoms with Gasteiger partial charge in [0.05, 0.1) is 13.2 Å². The minimum atomic E-state index is 0.505. The number of hydrogen-bond donors (Lipinski definition) is 1. The lowest BCUT2D eigenvalue weighted by Crippen LogP contribution is -1.99. The van der Waals surface area contributed by atoms with Crippen molar-refractivity contribution >= 4 is 11.6 Å². The molecular weight excluding hydrogens is 246 g/mol. The molecule has 3 heteroatoms. The molecule has 18 heavy (non-hydrogen) atoms. The Morgan fingerprint density at radius 3 is 2.39 bits per heavy atom. The Morgan fingerprint density at radius 1 is 0.944 bits per heavy atom. The number of hydrogen-bond acceptors (Lipinski definition) is 2. The second-order valence-corrected chi connectivity index (χ2v) is 4.52. The van der Waals surface area contributed by atoms with Gasteiger partial charge in [0.15, 0.2) is 0 Å². The van der Waals surface area contributed by atoms with E-state index in [1.165, 1.54) is 0 Å². The highest BCUT2D eigenvalue weighted by Crippen LogP contribution is 2.19. The summed E-state index contributed by atoms with van der Waals surface area (Å²) < 4.78 is 5.64. The third-order valence-electron chi connectivity index (χ3n) is 2.72. The van der Waals surface area contributed by atoms with Gasteiger partial charge in [0, 0.05) is 11.6 Å². The zero-order valence-electron chi connectivity index (χ0n) is 10.1. The molecule has 0 radical (unpaired) electrons. The summed E-state index contributed by atoms with van der Waals surface area (Å²) in [5, 5.41) is 0.714. The van der Waals surface area contributed by atoms with Gasteiger partial charge in [0.1, 0.15) is 0 Å². The van der Waals surface area contributed by atoms with E-state index in [1.807, 2.05) is 48.5 Å². The molecule has 0 aliphatic heterocycles. The first-order valence-electron chi connectivity index (χ1n) is 5.88. The molecule has 0 saturated heterocycles. The lowest BCUT2D eigenvalue weighted by molar-refractivity contribution is 0.107. The van der Waals surface area contributed by atoms with Crippen molar-refractivity contribution in [3.05, 3.63) is 70.2 Å². The van der Waals surface area contributed by atoms with Gasteiger partial charge in [-0.25, -0.2) is 0 Å². The van der Waals surface area contributed by atoms with Crippen molar-refractivity contribution in [2.75, 3.05) is 0 Å². The Kier molecular flexibility index (Phi) is 4.76.